The summed E-state index contributed by atoms with van der Waals surface area (Å²) in [4.78, 5) is 19.1. The Labute approximate surface area is 102 Å². The quantitative estimate of drug-likeness (QED) is 0.829. The Bertz CT molecular complexity index is 384. The highest BCUT2D eigenvalue weighted by Gasteiger charge is 2.20. The van der Waals surface area contributed by atoms with Crippen LogP contribution in [0.25, 0.3) is 0 Å². The van der Waals surface area contributed by atoms with Crippen molar-refractivity contribution in [3.8, 4) is 0 Å². The van der Waals surface area contributed by atoms with Gasteiger partial charge in [-0.1, -0.05) is 34.6 Å². The van der Waals surface area contributed by atoms with E-state index in [1.807, 2.05) is 34.6 Å². The fourth-order valence-electron chi connectivity index (χ4n) is 1.09. The van der Waals surface area contributed by atoms with Crippen LogP contribution in [0.4, 0.5) is 5.82 Å². The number of aromatic nitrogens is 2. The second kappa shape index (κ2) is 6.18. The molecule has 0 aliphatic rings. The molecule has 5 nitrogen and oxygen atoms in total. The summed E-state index contributed by atoms with van der Waals surface area (Å²) in [6.45, 7) is 9.92. The molecule has 0 bridgehead atoms. The van der Waals surface area contributed by atoms with Crippen molar-refractivity contribution in [3.63, 3.8) is 0 Å². The second-order valence-corrected chi connectivity index (χ2v) is 4.26. The minimum absolute atomic E-state index is 0.0884. The topological polar surface area (TPSA) is 75.1 Å². The third-order valence-corrected chi connectivity index (χ3v) is 1.93. The van der Waals surface area contributed by atoms with E-state index < -0.39 is 5.97 Å². The van der Waals surface area contributed by atoms with Gasteiger partial charge in [0.05, 0.1) is 0 Å². The zero-order valence-corrected chi connectivity index (χ0v) is 11.3. The lowest BCUT2D eigenvalue weighted by Gasteiger charge is -2.17. The molecule has 0 radical (unpaired) electrons. The molecule has 0 fully saturated rings. The van der Waals surface area contributed by atoms with Crippen molar-refractivity contribution < 1.29 is 9.90 Å². The van der Waals surface area contributed by atoms with Crippen molar-refractivity contribution >= 4 is 11.8 Å². The van der Waals surface area contributed by atoms with Crippen LogP contribution in [-0.4, -0.2) is 28.1 Å². The van der Waals surface area contributed by atoms with Crippen LogP contribution in [0.1, 0.15) is 50.8 Å². The van der Waals surface area contributed by atoms with Crippen LogP contribution in [0, 0.1) is 0 Å². The van der Waals surface area contributed by atoms with Gasteiger partial charge in [0.1, 0.15) is 17.2 Å². The third kappa shape index (κ3) is 4.01. The zero-order chi connectivity index (χ0) is 13.6. The Morgan fingerprint density at radius 3 is 2.24 bits per heavy atom. The number of aromatic carboxylic acids is 1. The Morgan fingerprint density at radius 2 is 1.88 bits per heavy atom. The lowest BCUT2D eigenvalue weighted by atomic mass is 9.95. The van der Waals surface area contributed by atoms with Crippen molar-refractivity contribution in [2.24, 2.45) is 0 Å². The van der Waals surface area contributed by atoms with Crippen molar-refractivity contribution in [3.05, 3.63) is 17.6 Å². The molecule has 0 spiro atoms. The van der Waals surface area contributed by atoms with Gasteiger partial charge in [-0.25, -0.2) is 14.8 Å². The molecule has 96 valence electrons. The summed E-state index contributed by atoms with van der Waals surface area (Å²) in [7, 11) is 1.64. The summed E-state index contributed by atoms with van der Waals surface area (Å²) >= 11 is 0. The van der Waals surface area contributed by atoms with Gasteiger partial charge < -0.3 is 10.4 Å². The van der Waals surface area contributed by atoms with Gasteiger partial charge in [-0.15, -0.1) is 0 Å². The Morgan fingerprint density at radius 1 is 1.35 bits per heavy atom. The maximum absolute atomic E-state index is 10.8. The van der Waals surface area contributed by atoms with Gasteiger partial charge in [-0.05, 0) is 0 Å². The van der Waals surface area contributed by atoms with Crippen LogP contribution in [0.5, 0.6) is 0 Å². The highest BCUT2D eigenvalue weighted by molar-refractivity contribution is 5.92. The molecule has 0 aliphatic heterocycles. The lowest BCUT2D eigenvalue weighted by molar-refractivity contribution is 0.0697. The summed E-state index contributed by atoms with van der Waals surface area (Å²) in [5.74, 6) is -0.0564. The number of carboxylic acids is 1. The number of hydrogen-bond donors (Lipinski definition) is 2. The number of nitrogens with one attached hydrogen (secondary N) is 1. The lowest BCUT2D eigenvalue weighted by Crippen LogP contribution is -2.18. The molecule has 17 heavy (non-hydrogen) atoms. The average Bonchev–Trinajstić information content (AvgIpc) is 2.29. The van der Waals surface area contributed by atoms with Gasteiger partial charge in [0.15, 0.2) is 0 Å². The Kier molecular flexibility index (Phi) is 5.58. The summed E-state index contributed by atoms with van der Waals surface area (Å²) in [5, 5.41) is 11.6. The molecule has 0 atom stereocenters. The van der Waals surface area contributed by atoms with Crippen molar-refractivity contribution in [2.45, 2.75) is 40.0 Å². The molecular formula is C12H21N3O2. The maximum atomic E-state index is 10.8. The predicted molar refractivity (Wildman–Crippen MR) is 68.6 cm³/mol. The first-order valence-corrected chi connectivity index (χ1v) is 5.65. The smallest absolute Gasteiger partial charge is 0.341 e. The molecule has 0 unspecified atom stereocenters. The summed E-state index contributed by atoms with van der Waals surface area (Å²) in [6, 6.07) is 0. The van der Waals surface area contributed by atoms with E-state index in [1.54, 1.807) is 7.05 Å². The first kappa shape index (κ1) is 15.3. The Hall–Kier alpha value is -1.65. The molecule has 1 heterocycles. The molecule has 5 heteroatoms. The number of carboxylic acid groups (broad SMARTS) is 1. The summed E-state index contributed by atoms with van der Waals surface area (Å²) < 4.78 is 0. The first-order chi connectivity index (χ1) is 7.86. The average molecular weight is 239 g/mol. The highest BCUT2D eigenvalue weighted by Crippen LogP contribution is 2.20. The number of carbonyl (C=O) groups is 1. The van der Waals surface area contributed by atoms with E-state index in [4.69, 9.17) is 5.11 Å². The monoisotopic (exact) mass is 239 g/mol. The number of rotatable bonds is 2. The van der Waals surface area contributed by atoms with Crippen molar-refractivity contribution in [1.82, 2.24) is 9.97 Å². The van der Waals surface area contributed by atoms with Crippen molar-refractivity contribution in [2.75, 3.05) is 12.4 Å². The minimum Gasteiger partial charge on any atom is -0.477 e. The van der Waals surface area contributed by atoms with Gasteiger partial charge >= 0.3 is 5.97 Å². The van der Waals surface area contributed by atoms with E-state index in [9.17, 15) is 4.79 Å². The van der Waals surface area contributed by atoms with Crippen LogP contribution in [-0.2, 0) is 5.41 Å². The van der Waals surface area contributed by atoms with E-state index in [0.717, 1.165) is 0 Å². The minimum atomic E-state index is -1.03. The number of hydrogen-bond acceptors (Lipinski definition) is 4. The van der Waals surface area contributed by atoms with Gasteiger partial charge in [0.2, 0.25) is 0 Å². The molecule has 0 saturated carbocycles. The maximum Gasteiger partial charge on any atom is 0.341 e. The molecule has 0 aliphatic carbocycles. The van der Waals surface area contributed by atoms with E-state index in [0.29, 0.717) is 11.6 Å². The molecule has 1 aromatic rings. The SMILES string of the molecule is CC.CNc1nc(C(C)(C)C)ncc1C(=O)O. The summed E-state index contributed by atoms with van der Waals surface area (Å²) in [6.07, 6.45) is 1.34. The van der Waals surface area contributed by atoms with E-state index in [1.165, 1.54) is 6.20 Å². The van der Waals surface area contributed by atoms with Gasteiger partial charge in [0.25, 0.3) is 0 Å². The fraction of sp³-hybridized carbons (Fsp3) is 0.583. The van der Waals surface area contributed by atoms with E-state index in [-0.39, 0.29) is 11.0 Å². The Balaban J connectivity index is 0.00000121. The normalized spacial score (nSPS) is 10.2. The van der Waals surface area contributed by atoms with E-state index >= 15 is 0 Å². The molecule has 1 aromatic heterocycles. The molecular weight excluding hydrogens is 218 g/mol. The van der Waals surface area contributed by atoms with Crippen LogP contribution in [0.3, 0.4) is 0 Å². The highest BCUT2D eigenvalue weighted by atomic mass is 16.4. The largest absolute Gasteiger partial charge is 0.477 e. The van der Waals surface area contributed by atoms with Crippen LogP contribution >= 0.6 is 0 Å². The zero-order valence-electron chi connectivity index (χ0n) is 11.3. The molecule has 0 aromatic carbocycles. The molecule has 0 amide bonds. The molecule has 1 rings (SSSR count). The second-order valence-electron chi connectivity index (χ2n) is 4.26. The third-order valence-electron chi connectivity index (χ3n) is 1.93. The van der Waals surface area contributed by atoms with Crippen molar-refractivity contribution in [1.29, 1.82) is 0 Å². The predicted octanol–water partition coefficient (Wildman–Crippen LogP) is 2.54. The number of nitrogens with zero attached hydrogens (tertiary/aromatic N) is 2. The van der Waals surface area contributed by atoms with Gasteiger partial charge in [-0.3, -0.25) is 0 Å². The van der Waals surface area contributed by atoms with Crippen LogP contribution in [0.2, 0.25) is 0 Å². The van der Waals surface area contributed by atoms with Crippen LogP contribution < -0.4 is 5.32 Å². The van der Waals surface area contributed by atoms with Gasteiger partial charge in [-0.2, -0.15) is 0 Å². The first-order valence-electron chi connectivity index (χ1n) is 5.65. The van der Waals surface area contributed by atoms with E-state index in [2.05, 4.69) is 15.3 Å². The molecule has 0 saturated heterocycles. The number of anilines is 1. The summed E-state index contributed by atoms with van der Waals surface area (Å²) in [5.41, 5.74) is -0.103. The standard InChI is InChI=1S/C10H15N3O2.C2H6/c1-10(2,3)9-12-5-6(8(14)15)7(11-4)13-9;1-2/h5H,1-4H3,(H,14,15)(H,11,12,13);1-2H3. The molecule has 2 N–H and O–H groups in total. The van der Waals surface area contributed by atoms with Crippen LogP contribution in [0.15, 0.2) is 6.20 Å². The fourth-order valence-corrected chi connectivity index (χ4v) is 1.09. The van der Waals surface area contributed by atoms with Gasteiger partial charge in [0, 0.05) is 18.7 Å².